The van der Waals surface area contributed by atoms with Gasteiger partial charge >= 0.3 is 0 Å². The SMILES string of the molecule is C=Cc1ccccc1.CN(C)C. The van der Waals surface area contributed by atoms with Crippen LogP contribution in [-0.2, 0) is 0 Å². The Morgan fingerprint density at radius 1 is 1.08 bits per heavy atom. The van der Waals surface area contributed by atoms with Gasteiger partial charge in [0.25, 0.3) is 0 Å². The van der Waals surface area contributed by atoms with Crippen molar-refractivity contribution in [2.45, 2.75) is 0 Å². The van der Waals surface area contributed by atoms with E-state index in [1.165, 1.54) is 5.56 Å². The Kier molecular flexibility index (Phi) is 6.02. The molecule has 0 atom stereocenters. The Morgan fingerprint density at radius 3 is 1.75 bits per heavy atom. The van der Waals surface area contributed by atoms with E-state index in [1.807, 2.05) is 62.5 Å². The third-order valence-corrected chi connectivity index (χ3v) is 1.04. The molecule has 0 amide bonds. The number of nitrogens with zero attached hydrogens (tertiary/aromatic N) is 1. The highest BCUT2D eigenvalue weighted by Gasteiger charge is 1.75. The second-order valence-electron chi connectivity index (χ2n) is 2.96. The first-order valence-electron chi connectivity index (χ1n) is 3.95. The van der Waals surface area contributed by atoms with Gasteiger partial charge in [-0.25, -0.2) is 0 Å². The molecule has 0 unspecified atom stereocenters. The minimum absolute atomic E-state index is 1.17. The van der Waals surface area contributed by atoms with Crippen molar-refractivity contribution < 1.29 is 0 Å². The molecule has 1 rings (SSSR count). The summed E-state index contributed by atoms with van der Waals surface area (Å²) in [4.78, 5) is 2.00. The third kappa shape index (κ3) is 7.03. The van der Waals surface area contributed by atoms with Crippen molar-refractivity contribution >= 4 is 6.08 Å². The van der Waals surface area contributed by atoms with Crippen LogP contribution >= 0.6 is 0 Å². The van der Waals surface area contributed by atoms with E-state index in [-0.39, 0.29) is 0 Å². The van der Waals surface area contributed by atoms with Gasteiger partial charge in [-0.05, 0) is 26.7 Å². The minimum atomic E-state index is 1.17. The van der Waals surface area contributed by atoms with E-state index < -0.39 is 0 Å². The molecule has 1 aromatic carbocycles. The monoisotopic (exact) mass is 163 g/mol. The van der Waals surface area contributed by atoms with Gasteiger partial charge in [0.15, 0.2) is 0 Å². The Hall–Kier alpha value is -1.08. The predicted molar refractivity (Wildman–Crippen MR) is 56.1 cm³/mol. The molecule has 12 heavy (non-hydrogen) atoms. The van der Waals surface area contributed by atoms with Gasteiger partial charge in [-0.3, -0.25) is 0 Å². The summed E-state index contributed by atoms with van der Waals surface area (Å²) in [5, 5.41) is 0. The van der Waals surface area contributed by atoms with Gasteiger partial charge in [0.05, 0.1) is 0 Å². The van der Waals surface area contributed by atoms with E-state index in [4.69, 9.17) is 0 Å². The summed E-state index contributed by atoms with van der Waals surface area (Å²) in [5.41, 5.74) is 1.17. The zero-order valence-corrected chi connectivity index (χ0v) is 8.12. The molecular weight excluding hydrogens is 146 g/mol. The summed E-state index contributed by atoms with van der Waals surface area (Å²) in [6.45, 7) is 3.63. The Balaban J connectivity index is 0.000000261. The van der Waals surface area contributed by atoms with Crippen molar-refractivity contribution in [3.05, 3.63) is 42.5 Å². The molecule has 1 heteroatoms. The maximum absolute atomic E-state index is 3.63. The zero-order valence-electron chi connectivity index (χ0n) is 8.12. The van der Waals surface area contributed by atoms with Crippen molar-refractivity contribution in [1.29, 1.82) is 0 Å². The fraction of sp³-hybridized carbons (Fsp3) is 0.273. The molecule has 0 saturated carbocycles. The zero-order chi connectivity index (χ0) is 9.40. The van der Waals surface area contributed by atoms with Crippen LogP contribution in [0.4, 0.5) is 0 Å². The first-order chi connectivity index (χ1) is 5.66. The first kappa shape index (κ1) is 10.9. The molecule has 0 aliphatic rings. The van der Waals surface area contributed by atoms with E-state index >= 15 is 0 Å². The van der Waals surface area contributed by atoms with Crippen molar-refractivity contribution in [2.75, 3.05) is 21.1 Å². The largest absolute Gasteiger partial charge is 0.312 e. The summed E-state index contributed by atoms with van der Waals surface area (Å²) in [6.07, 6.45) is 1.83. The number of hydrogen-bond donors (Lipinski definition) is 0. The summed E-state index contributed by atoms with van der Waals surface area (Å²) in [6, 6.07) is 10.0. The van der Waals surface area contributed by atoms with Gasteiger partial charge in [-0.1, -0.05) is 43.0 Å². The maximum Gasteiger partial charge on any atom is -0.0140 e. The van der Waals surface area contributed by atoms with Crippen LogP contribution in [0.1, 0.15) is 5.56 Å². The Labute approximate surface area is 75.3 Å². The predicted octanol–water partition coefficient (Wildman–Crippen LogP) is 2.51. The molecule has 66 valence electrons. The fourth-order valence-corrected chi connectivity index (χ4v) is 0.589. The molecule has 0 fully saturated rings. The lowest BCUT2D eigenvalue weighted by Gasteiger charge is -1.90. The molecule has 1 nitrogen and oxygen atoms in total. The standard InChI is InChI=1S/C8H8.C3H9N/c1-2-8-6-4-3-5-7-8;1-4(2)3/h2-7H,1H2;1-3H3. The Morgan fingerprint density at radius 2 is 1.50 bits per heavy atom. The summed E-state index contributed by atoms with van der Waals surface area (Å²) < 4.78 is 0. The van der Waals surface area contributed by atoms with Crippen LogP contribution in [0.15, 0.2) is 36.9 Å². The van der Waals surface area contributed by atoms with E-state index in [2.05, 4.69) is 6.58 Å². The molecule has 1 aromatic rings. The van der Waals surface area contributed by atoms with Gasteiger partial charge in [-0.2, -0.15) is 0 Å². The quantitative estimate of drug-likeness (QED) is 0.615. The molecule has 0 bridgehead atoms. The van der Waals surface area contributed by atoms with Crippen molar-refractivity contribution in [1.82, 2.24) is 4.90 Å². The average molecular weight is 163 g/mol. The van der Waals surface area contributed by atoms with Crippen LogP contribution in [0.25, 0.3) is 6.08 Å². The van der Waals surface area contributed by atoms with Crippen LogP contribution in [0.3, 0.4) is 0 Å². The van der Waals surface area contributed by atoms with Crippen LogP contribution in [0, 0.1) is 0 Å². The molecule has 0 aliphatic heterocycles. The normalized spacial score (nSPS) is 8.67. The molecule has 0 aliphatic carbocycles. The second-order valence-corrected chi connectivity index (χ2v) is 2.96. The lowest BCUT2D eigenvalue weighted by molar-refractivity contribution is 0.505. The average Bonchev–Trinajstić information content (AvgIpc) is 2.05. The number of hydrogen-bond acceptors (Lipinski definition) is 1. The van der Waals surface area contributed by atoms with E-state index in [1.54, 1.807) is 0 Å². The van der Waals surface area contributed by atoms with Crippen molar-refractivity contribution in [3.8, 4) is 0 Å². The molecular formula is C11H17N. The van der Waals surface area contributed by atoms with Gasteiger partial charge in [0.2, 0.25) is 0 Å². The Bertz CT molecular complexity index is 199. The van der Waals surface area contributed by atoms with Crippen LogP contribution in [0.5, 0.6) is 0 Å². The molecule has 0 aromatic heterocycles. The van der Waals surface area contributed by atoms with Crippen molar-refractivity contribution in [3.63, 3.8) is 0 Å². The van der Waals surface area contributed by atoms with Crippen molar-refractivity contribution in [2.24, 2.45) is 0 Å². The minimum Gasteiger partial charge on any atom is -0.312 e. The van der Waals surface area contributed by atoms with Gasteiger partial charge < -0.3 is 4.90 Å². The smallest absolute Gasteiger partial charge is 0.0140 e. The third-order valence-electron chi connectivity index (χ3n) is 1.04. The maximum atomic E-state index is 3.63. The van der Waals surface area contributed by atoms with Crippen LogP contribution in [-0.4, -0.2) is 26.0 Å². The molecule has 0 N–H and O–H groups in total. The van der Waals surface area contributed by atoms with Gasteiger partial charge in [-0.15, -0.1) is 0 Å². The van der Waals surface area contributed by atoms with Crippen LogP contribution in [0.2, 0.25) is 0 Å². The second kappa shape index (κ2) is 6.62. The summed E-state index contributed by atoms with van der Waals surface area (Å²) >= 11 is 0. The topological polar surface area (TPSA) is 3.24 Å². The highest BCUT2D eigenvalue weighted by molar-refractivity contribution is 5.45. The van der Waals surface area contributed by atoms with Gasteiger partial charge in [0, 0.05) is 0 Å². The highest BCUT2D eigenvalue weighted by atomic mass is 15.0. The van der Waals surface area contributed by atoms with E-state index in [0.29, 0.717) is 0 Å². The molecule has 0 spiro atoms. The first-order valence-corrected chi connectivity index (χ1v) is 3.95. The van der Waals surface area contributed by atoms with Crippen LogP contribution < -0.4 is 0 Å². The summed E-state index contributed by atoms with van der Waals surface area (Å²) in [5.74, 6) is 0. The van der Waals surface area contributed by atoms with E-state index in [0.717, 1.165) is 0 Å². The summed E-state index contributed by atoms with van der Waals surface area (Å²) in [7, 11) is 6.00. The highest BCUT2D eigenvalue weighted by Crippen LogP contribution is 1.97. The molecule has 0 heterocycles. The lowest BCUT2D eigenvalue weighted by atomic mass is 10.2. The number of rotatable bonds is 1. The number of benzene rings is 1. The fourth-order valence-electron chi connectivity index (χ4n) is 0.589. The molecule has 0 radical (unpaired) electrons. The van der Waals surface area contributed by atoms with E-state index in [9.17, 15) is 0 Å². The lowest BCUT2D eigenvalue weighted by Crippen LogP contribution is -1.99. The van der Waals surface area contributed by atoms with Gasteiger partial charge in [0.1, 0.15) is 0 Å². The molecule has 0 saturated heterocycles.